The average molecular weight is 552 g/mol. The van der Waals surface area contributed by atoms with Crippen molar-refractivity contribution in [3.05, 3.63) is 119 Å². The van der Waals surface area contributed by atoms with E-state index in [-0.39, 0.29) is 5.75 Å². The SMILES string of the molecule is CCCc1ccc(C(F)(F)Oc2ccc(-c3ccc(C(F)(F)Oc4cc(F)c(F)c(F)c4)cc3)cc2)c(F)c1. The Morgan fingerprint density at radius 1 is 0.590 bits per heavy atom. The van der Waals surface area contributed by atoms with E-state index in [1.165, 1.54) is 42.5 Å². The molecule has 0 saturated heterocycles. The van der Waals surface area contributed by atoms with Crippen LogP contribution in [0.1, 0.15) is 30.0 Å². The fraction of sp³-hybridized carbons (Fsp3) is 0.172. The molecule has 4 aromatic rings. The molecular weight excluding hydrogens is 532 g/mol. The summed E-state index contributed by atoms with van der Waals surface area (Å²) in [6.07, 6.45) is -6.68. The molecule has 0 bridgehead atoms. The minimum atomic E-state index is -4.01. The summed E-state index contributed by atoms with van der Waals surface area (Å²) in [4.78, 5) is 0. The fourth-order valence-electron chi connectivity index (χ4n) is 3.81. The van der Waals surface area contributed by atoms with Gasteiger partial charge in [0.2, 0.25) is 0 Å². The Labute approximate surface area is 218 Å². The number of hydrogen-bond acceptors (Lipinski definition) is 2. The van der Waals surface area contributed by atoms with Crippen molar-refractivity contribution in [3.8, 4) is 22.6 Å². The number of ether oxygens (including phenoxy) is 2. The van der Waals surface area contributed by atoms with E-state index in [4.69, 9.17) is 4.74 Å². The van der Waals surface area contributed by atoms with Crippen molar-refractivity contribution in [1.29, 1.82) is 0 Å². The quantitative estimate of drug-likeness (QED) is 0.152. The van der Waals surface area contributed by atoms with E-state index in [2.05, 4.69) is 4.74 Å². The van der Waals surface area contributed by atoms with E-state index in [1.807, 2.05) is 6.92 Å². The van der Waals surface area contributed by atoms with E-state index in [0.29, 0.717) is 35.2 Å². The Bertz CT molecular complexity index is 1430. The Balaban J connectivity index is 1.46. The summed E-state index contributed by atoms with van der Waals surface area (Å²) in [6, 6.07) is 13.8. The van der Waals surface area contributed by atoms with Gasteiger partial charge in [0.1, 0.15) is 17.3 Å². The average Bonchev–Trinajstić information content (AvgIpc) is 2.87. The van der Waals surface area contributed by atoms with E-state index >= 15 is 0 Å². The predicted octanol–water partition coefficient (Wildman–Crippen LogP) is 9.12. The molecule has 39 heavy (non-hydrogen) atoms. The van der Waals surface area contributed by atoms with Crippen LogP contribution < -0.4 is 9.47 Å². The molecule has 4 rings (SSSR count). The van der Waals surface area contributed by atoms with Crippen LogP contribution in [0, 0.1) is 23.3 Å². The molecule has 2 nitrogen and oxygen atoms in total. The lowest BCUT2D eigenvalue weighted by Crippen LogP contribution is -2.23. The van der Waals surface area contributed by atoms with E-state index in [0.717, 1.165) is 30.7 Å². The number of rotatable bonds is 9. The zero-order valence-corrected chi connectivity index (χ0v) is 20.3. The summed E-state index contributed by atoms with van der Waals surface area (Å²) >= 11 is 0. The Morgan fingerprint density at radius 3 is 1.67 bits per heavy atom. The molecule has 0 atom stereocenters. The summed E-state index contributed by atoms with van der Waals surface area (Å²) in [5.74, 6) is -7.44. The Morgan fingerprint density at radius 2 is 1.13 bits per heavy atom. The van der Waals surface area contributed by atoms with Gasteiger partial charge in [0, 0.05) is 12.1 Å². The van der Waals surface area contributed by atoms with Crippen LogP contribution in [-0.2, 0) is 18.6 Å². The molecule has 0 fully saturated rings. The van der Waals surface area contributed by atoms with Crippen molar-refractivity contribution in [2.75, 3.05) is 0 Å². The summed E-state index contributed by atoms with van der Waals surface area (Å²) in [7, 11) is 0. The van der Waals surface area contributed by atoms with Gasteiger partial charge in [0.15, 0.2) is 17.5 Å². The highest BCUT2D eigenvalue weighted by atomic mass is 19.3. The number of halogens is 8. The molecule has 0 aromatic heterocycles. The van der Waals surface area contributed by atoms with Gasteiger partial charge in [-0.15, -0.1) is 0 Å². The normalized spacial score (nSPS) is 11.9. The Hall–Kier alpha value is -4.08. The molecule has 0 aliphatic carbocycles. The smallest absolute Gasteiger partial charge is 0.429 e. The van der Waals surface area contributed by atoms with Crippen molar-refractivity contribution >= 4 is 0 Å². The van der Waals surface area contributed by atoms with Gasteiger partial charge < -0.3 is 9.47 Å². The lowest BCUT2D eigenvalue weighted by molar-refractivity contribution is -0.187. The minimum absolute atomic E-state index is 0.254. The first-order valence-corrected chi connectivity index (χ1v) is 11.7. The maximum atomic E-state index is 14.6. The summed E-state index contributed by atoms with van der Waals surface area (Å²) in [5.41, 5.74) is -0.102. The zero-order valence-electron chi connectivity index (χ0n) is 20.3. The topological polar surface area (TPSA) is 18.5 Å². The fourth-order valence-corrected chi connectivity index (χ4v) is 3.81. The first-order valence-electron chi connectivity index (χ1n) is 11.7. The van der Waals surface area contributed by atoms with Gasteiger partial charge in [-0.3, -0.25) is 0 Å². The highest BCUT2D eigenvalue weighted by Gasteiger charge is 2.38. The maximum Gasteiger partial charge on any atom is 0.429 e. The largest absolute Gasteiger partial charge is 0.429 e. The summed E-state index contributed by atoms with van der Waals surface area (Å²) in [5, 5.41) is 0. The van der Waals surface area contributed by atoms with Crippen molar-refractivity contribution in [1.82, 2.24) is 0 Å². The van der Waals surface area contributed by atoms with Gasteiger partial charge >= 0.3 is 12.2 Å². The predicted molar refractivity (Wildman–Crippen MR) is 128 cm³/mol. The molecule has 0 saturated carbocycles. The second-order valence-electron chi connectivity index (χ2n) is 8.60. The molecule has 0 aliphatic rings. The second kappa shape index (κ2) is 11.0. The van der Waals surface area contributed by atoms with Gasteiger partial charge in [-0.05, 0) is 59.5 Å². The van der Waals surface area contributed by atoms with Gasteiger partial charge in [0.05, 0.1) is 11.1 Å². The van der Waals surface area contributed by atoms with E-state index in [1.54, 1.807) is 0 Å². The summed E-state index contributed by atoms with van der Waals surface area (Å²) in [6.45, 7) is 1.88. The monoisotopic (exact) mass is 552 g/mol. The zero-order chi connectivity index (χ0) is 28.4. The lowest BCUT2D eigenvalue weighted by atomic mass is 10.0. The highest BCUT2D eigenvalue weighted by Crippen LogP contribution is 2.36. The number of alkyl halides is 4. The highest BCUT2D eigenvalue weighted by molar-refractivity contribution is 5.64. The third-order valence-electron chi connectivity index (χ3n) is 5.74. The molecule has 0 aliphatic heterocycles. The molecule has 0 radical (unpaired) electrons. The number of aryl methyl sites for hydroxylation is 1. The lowest BCUT2D eigenvalue weighted by Gasteiger charge is -2.20. The third-order valence-corrected chi connectivity index (χ3v) is 5.74. The molecule has 204 valence electrons. The first-order chi connectivity index (χ1) is 18.4. The maximum absolute atomic E-state index is 14.6. The molecule has 0 N–H and O–H groups in total. The molecule has 10 heteroatoms. The van der Waals surface area contributed by atoms with Crippen LogP contribution in [0.25, 0.3) is 11.1 Å². The molecule has 0 spiro atoms. The van der Waals surface area contributed by atoms with Crippen LogP contribution in [-0.4, -0.2) is 0 Å². The summed E-state index contributed by atoms with van der Waals surface area (Å²) < 4.78 is 121. The van der Waals surface area contributed by atoms with Crippen LogP contribution in [0.2, 0.25) is 0 Å². The third kappa shape index (κ3) is 6.32. The number of benzene rings is 4. The van der Waals surface area contributed by atoms with Crippen LogP contribution in [0.5, 0.6) is 11.5 Å². The molecule has 0 heterocycles. The molecular formula is C29H20F8O2. The van der Waals surface area contributed by atoms with Crippen LogP contribution in [0.15, 0.2) is 78.9 Å². The minimum Gasteiger partial charge on any atom is -0.429 e. The van der Waals surface area contributed by atoms with Crippen molar-refractivity contribution in [2.24, 2.45) is 0 Å². The second-order valence-corrected chi connectivity index (χ2v) is 8.60. The van der Waals surface area contributed by atoms with Crippen molar-refractivity contribution < 1.29 is 44.6 Å². The van der Waals surface area contributed by atoms with E-state index in [9.17, 15) is 35.1 Å². The van der Waals surface area contributed by atoms with Gasteiger partial charge in [-0.1, -0.05) is 43.7 Å². The molecule has 0 amide bonds. The first kappa shape index (κ1) is 27.9. The van der Waals surface area contributed by atoms with Crippen molar-refractivity contribution in [2.45, 2.75) is 32.0 Å². The Kier molecular flexibility index (Phi) is 7.85. The van der Waals surface area contributed by atoms with Gasteiger partial charge in [-0.25, -0.2) is 17.6 Å². The van der Waals surface area contributed by atoms with Gasteiger partial charge in [0.25, 0.3) is 0 Å². The standard InChI is InChI=1S/C29H20F8O2/c1-2-3-17-4-13-23(24(30)14-17)29(36,37)38-21-11-7-19(8-12-21)18-5-9-20(10-6-18)28(34,35)39-22-15-25(31)27(33)26(32)16-22/h4-16H,2-3H2,1H3. The van der Waals surface area contributed by atoms with Gasteiger partial charge in [-0.2, -0.15) is 17.6 Å². The molecule has 0 unspecified atom stereocenters. The van der Waals surface area contributed by atoms with E-state index < -0.39 is 52.4 Å². The van der Waals surface area contributed by atoms with Crippen molar-refractivity contribution in [3.63, 3.8) is 0 Å². The van der Waals surface area contributed by atoms with Crippen LogP contribution >= 0.6 is 0 Å². The number of hydrogen-bond donors (Lipinski definition) is 0. The molecule has 4 aromatic carbocycles. The van der Waals surface area contributed by atoms with Crippen LogP contribution in [0.4, 0.5) is 35.1 Å². The van der Waals surface area contributed by atoms with Crippen LogP contribution in [0.3, 0.4) is 0 Å².